The van der Waals surface area contributed by atoms with E-state index in [2.05, 4.69) is 10.3 Å². The van der Waals surface area contributed by atoms with E-state index in [1.807, 2.05) is 37.3 Å². The molecule has 0 fully saturated rings. The summed E-state index contributed by atoms with van der Waals surface area (Å²) in [6, 6.07) is 10.9. The van der Waals surface area contributed by atoms with E-state index in [0.717, 1.165) is 5.56 Å². The van der Waals surface area contributed by atoms with Crippen LogP contribution in [0.25, 0.3) is 0 Å². The van der Waals surface area contributed by atoms with Crippen LogP contribution >= 0.6 is 0 Å². The fourth-order valence-electron chi connectivity index (χ4n) is 2.12. The van der Waals surface area contributed by atoms with Gasteiger partial charge in [-0.25, -0.2) is 0 Å². The number of pyridine rings is 1. The molecule has 4 N–H and O–H groups in total. The van der Waals surface area contributed by atoms with Gasteiger partial charge in [0.05, 0.1) is 5.54 Å². The second-order valence-electron chi connectivity index (χ2n) is 5.25. The van der Waals surface area contributed by atoms with E-state index in [1.54, 1.807) is 6.92 Å². The molecule has 5 nitrogen and oxygen atoms in total. The molecule has 0 radical (unpaired) electrons. The number of amides is 1. The zero-order valence-corrected chi connectivity index (χ0v) is 12.1. The Balaban J connectivity index is 2.30. The molecule has 2 aromatic rings. The average molecular weight is 285 g/mol. The van der Waals surface area contributed by atoms with E-state index in [4.69, 9.17) is 5.73 Å². The number of carbonyl (C=O) groups excluding carboxylic acids is 1. The highest BCUT2D eigenvalue weighted by Crippen LogP contribution is 2.19. The van der Waals surface area contributed by atoms with Crippen LogP contribution in [0, 0.1) is 6.92 Å². The molecule has 1 atom stereocenters. The van der Waals surface area contributed by atoms with Crippen molar-refractivity contribution in [1.82, 2.24) is 10.3 Å². The van der Waals surface area contributed by atoms with E-state index < -0.39 is 11.4 Å². The lowest BCUT2D eigenvalue weighted by molar-refractivity contribution is 0.0906. The fourth-order valence-corrected chi connectivity index (χ4v) is 2.12. The molecule has 0 bridgehead atoms. The number of nitrogens with one attached hydrogen (secondary N) is 2. The van der Waals surface area contributed by atoms with Crippen LogP contribution in [0.15, 0.2) is 47.4 Å². The van der Waals surface area contributed by atoms with Crippen molar-refractivity contribution in [2.75, 3.05) is 6.54 Å². The predicted octanol–water partition coefficient (Wildman–Crippen LogP) is 1.29. The van der Waals surface area contributed by atoms with Crippen molar-refractivity contribution in [2.45, 2.75) is 19.4 Å². The molecule has 0 spiro atoms. The summed E-state index contributed by atoms with van der Waals surface area (Å²) in [7, 11) is 0. The first-order valence-corrected chi connectivity index (χ1v) is 6.74. The number of aromatic amines is 1. The molecule has 1 amide bonds. The maximum atomic E-state index is 12.3. The number of nitrogens with two attached hydrogens (primary N) is 1. The molecule has 0 saturated heterocycles. The van der Waals surface area contributed by atoms with Crippen molar-refractivity contribution in [3.05, 3.63) is 69.6 Å². The third-order valence-electron chi connectivity index (χ3n) is 3.51. The molecule has 2 rings (SSSR count). The van der Waals surface area contributed by atoms with E-state index in [1.165, 1.54) is 12.3 Å². The highest BCUT2D eigenvalue weighted by molar-refractivity contribution is 5.94. The van der Waals surface area contributed by atoms with Crippen LogP contribution in [-0.2, 0) is 5.54 Å². The SMILES string of the molecule is Cc1cc(=O)c(C(=O)NC(C)(CN)c2ccccc2)c[nH]1. The number of benzene rings is 1. The molecule has 1 heterocycles. The minimum Gasteiger partial charge on any atom is -0.364 e. The van der Waals surface area contributed by atoms with Gasteiger partial charge < -0.3 is 16.0 Å². The molecular weight excluding hydrogens is 266 g/mol. The van der Waals surface area contributed by atoms with Gasteiger partial charge in [-0.15, -0.1) is 0 Å². The predicted molar refractivity (Wildman–Crippen MR) is 82.1 cm³/mol. The van der Waals surface area contributed by atoms with Gasteiger partial charge in [-0.3, -0.25) is 9.59 Å². The topological polar surface area (TPSA) is 88.0 Å². The van der Waals surface area contributed by atoms with Crippen molar-refractivity contribution in [2.24, 2.45) is 5.73 Å². The number of aryl methyl sites for hydroxylation is 1. The summed E-state index contributed by atoms with van der Waals surface area (Å²) < 4.78 is 0. The van der Waals surface area contributed by atoms with Crippen LogP contribution in [0.2, 0.25) is 0 Å². The Morgan fingerprint density at radius 1 is 1.33 bits per heavy atom. The number of carbonyl (C=O) groups is 1. The number of hydrogen-bond donors (Lipinski definition) is 3. The largest absolute Gasteiger partial charge is 0.364 e. The zero-order chi connectivity index (χ0) is 15.5. The summed E-state index contributed by atoms with van der Waals surface area (Å²) in [5.41, 5.74) is 6.47. The molecule has 5 heteroatoms. The molecule has 110 valence electrons. The Morgan fingerprint density at radius 3 is 2.57 bits per heavy atom. The number of rotatable bonds is 4. The summed E-state index contributed by atoms with van der Waals surface area (Å²) in [4.78, 5) is 27.1. The monoisotopic (exact) mass is 285 g/mol. The van der Waals surface area contributed by atoms with Crippen LogP contribution < -0.4 is 16.5 Å². The molecule has 0 aliphatic rings. The maximum Gasteiger partial charge on any atom is 0.257 e. The fraction of sp³-hybridized carbons (Fsp3) is 0.250. The maximum absolute atomic E-state index is 12.3. The van der Waals surface area contributed by atoms with Gasteiger partial charge in [-0.1, -0.05) is 30.3 Å². The second-order valence-corrected chi connectivity index (χ2v) is 5.25. The third kappa shape index (κ3) is 3.20. The van der Waals surface area contributed by atoms with E-state index in [9.17, 15) is 9.59 Å². The van der Waals surface area contributed by atoms with Gasteiger partial charge >= 0.3 is 0 Å². The van der Waals surface area contributed by atoms with Gasteiger partial charge in [0.15, 0.2) is 5.43 Å². The van der Waals surface area contributed by atoms with Gasteiger partial charge in [0, 0.05) is 24.5 Å². The molecular formula is C16H19N3O2. The molecule has 1 unspecified atom stereocenters. The van der Waals surface area contributed by atoms with Gasteiger partial charge in [-0.2, -0.15) is 0 Å². The smallest absolute Gasteiger partial charge is 0.257 e. The normalized spacial score (nSPS) is 13.5. The number of aromatic nitrogens is 1. The van der Waals surface area contributed by atoms with E-state index >= 15 is 0 Å². The molecule has 1 aromatic carbocycles. The number of H-pyrrole nitrogens is 1. The second kappa shape index (κ2) is 5.93. The molecule has 1 aromatic heterocycles. The summed E-state index contributed by atoms with van der Waals surface area (Å²) >= 11 is 0. The molecule has 0 aliphatic heterocycles. The first-order valence-electron chi connectivity index (χ1n) is 6.74. The summed E-state index contributed by atoms with van der Waals surface area (Å²) in [5.74, 6) is -0.437. The highest BCUT2D eigenvalue weighted by Gasteiger charge is 2.28. The Morgan fingerprint density at radius 2 is 2.00 bits per heavy atom. The quantitative estimate of drug-likeness (QED) is 0.791. The molecule has 0 aliphatic carbocycles. The minimum atomic E-state index is -0.727. The van der Waals surface area contributed by atoms with Crippen molar-refractivity contribution >= 4 is 5.91 Å². The average Bonchev–Trinajstić information content (AvgIpc) is 2.47. The lowest BCUT2D eigenvalue weighted by Crippen LogP contribution is -2.49. The zero-order valence-electron chi connectivity index (χ0n) is 12.1. The van der Waals surface area contributed by atoms with E-state index in [0.29, 0.717) is 5.69 Å². The van der Waals surface area contributed by atoms with Crippen molar-refractivity contribution < 1.29 is 4.79 Å². The third-order valence-corrected chi connectivity index (χ3v) is 3.51. The van der Waals surface area contributed by atoms with Gasteiger partial charge in [0.2, 0.25) is 0 Å². The van der Waals surface area contributed by atoms with Crippen LogP contribution in [0.5, 0.6) is 0 Å². The Labute approximate surface area is 123 Å². The highest BCUT2D eigenvalue weighted by atomic mass is 16.2. The van der Waals surface area contributed by atoms with Crippen molar-refractivity contribution in [3.63, 3.8) is 0 Å². The van der Waals surface area contributed by atoms with Gasteiger partial charge in [0.25, 0.3) is 5.91 Å². The Hall–Kier alpha value is -2.40. The first-order chi connectivity index (χ1) is 9.96. The lowest BCUT2D eigenvalue weighted by atomic mass is 9.91. The van der Waals surface area contributed by atoms with E-state index in [-0.39, 0.29) is 17.5 Å². The summed E-state index contributed by atoms with van der Waals surface area (Å²) in [6.45, 7) is 3.83. The Bertz CT molecular complexity index is 694. The van der Waals surface area contributed by atoms with Gasteiger partial charge in [0.1, 0.15) is 5.56 Å². The lowest BCUT2D eigenvalue weighted by Gasteiger charge is -2.30. The first kappa shape index (κ1) is 15.0. The van der Waals surface area contributed by atoms with Crippen molar-refractivity contribution in [3.8, 4) is 0 Å². The van der Waals surface area contributed by atoms with Crippen LogP contribution in [0.4, 0.5) is 0 Å². The summed E-state index contributed by atoms with van der Waals surface area (Å²) in [6.07, 6.45) is 1.43. The number of hydrogen-bond acceptors (Lipinski definition) is 3. The molecule has 0 saturated carbocycles. The standard InChI is InChI=1S/C16H19N3O2/c1-11-8-14(20)13(9-18-11)15(21)19-16(2,10-17)12-6-4-3-5-7-12/h3-9H,10,17H2,1-2H3,(H,18,20)(H,19,21). The van der Waals surface area contributed by atoms with Crippen LogP contribution in [0.3, 0.4) is 0 Å². The minimum absolute atomic E-state index is 0.0798. The van der Waals surface area contributed by atoms with Crippen molar-refractivity contribution in [1.29, 1.82) is 0 Å². The van der Waals surface area contributed by atoms with Crippen LogP contribution in [-0.4, -0.2) is 17.4 Å². The molecule has 21 heavy (non-hydrogen) atoms. The Kier molecular flexibility index (Phi) is 4.23. The van der Waals surface area contributed by atoms with Gasteiger partial charge in [-0.05, 0) is 19.4 Å². The summed E-state index contributed by atoms with van der Waals surface area (Å²) in [5, 5.41) is 2.85. The van der Waals surface area contributed by atoms with Crippen LogP contribution in [0.1, 0.15) is 28.5 Å².